The summed E-state index contributed by atoms with van der Waals surface area (Å²) in [5.41, 5.74) is 2.66. The molecule has 0 heterocycles. The van der Waals surface area contributed by atoms with Gasteiger partial charge in [-0.25, -0.2) is 0 Å². The Kier molecular flexibility index (Phi) is 7.78. The van der Waals surface area contributed by atoms with E-state index >= 15 is 0 Å². The summed E-state index contributed by atoms with van der Waals surface area (Å²) in [6.45, 7) is 3.24. The molecule has 0 saturated heterocycles. The van der Waals surface area contributed by atoms with Gasteiger partial charge in [-0.1, -0.05) is 12.1 Å². The third kappa shape index (κ3) is 7.15. The number of aryl methyl sites for hydroxylation is 2. The first kappa shape index (κ1) is 20.3. The van der Waals surface area contributed by atoms with E-state index in [1.165, 1.54) is 4.90 Å². The fourth-order valence-electron chi connectivity index (χ4n) is 1.88. The quantitative estimate of drug-likeness (QED) is 0.559. The minimum Gasteiger partial charge on any atom is -0.456 e. The molecule has 25 heavy (non-hydrogen) atoms. The summed E-state index contributed by atoms with van der Waals surface area (Å²) >= 11 is 0. The van der Waals surface area contributed by atoms with Crippen molar-refractivity contribution >= 4 is 23.6 Å². The molecule has 0 bridgehead atoms. The number of ketones is 1. The number of amides is 2. The summed E-state index contributed by atoms with van der Waals surface area (Å²) in [5.74, 6) is -1.62. The van der Waals surface area contributed by atoms with Crippen molar-refractivity contribution in [2.45, 2.75) is 26.7 Å². The number of Topliss-reactive ketones (excluding diaryl/α,β-unsaturated/α-hetero) is 1. The topological polar surface area (TPSA) is 92.8 Å². The van der Waals surface area contributed by atoms with E-state index in [2.05, 4.69) is 5.32 Å². The van der Waals surface area contributed by atoms with Crippen LogP contribution in [-0.4, -0.2) is 55.7 Å². The lowest BCUT2D eigenvalue weighted by atomic mass is 10.0. The van der Waals surface area contributed by atoms with Crippen LogP contribution >= 0.6 is 0 Å². The van der Waals surface area contributed by atoms with E-state index < -0.39 is 18.5 Å². The molecule has 1 aromatic carbocycles. The summed E-state index contributed by atoms with van der Waals surface area (Å²) in [7, 11) is 3.14. The molecule has 7 nitrogen and oxygen atoms in total. The van der Waals surface area contributed by atoms with Crippen molar-refractivity contribution in [1.29, 1.82) is 0 Å². The van der Waals surface area contributed by atoms with Crippen LogP contribution in [0.4, 0.5) is 0 Å². The van der Waals surface area contributed by atoms with Crippen LogP contribution < -0.4 is 5.32 Å². The van der Waals surface area contributed by atoms with E-state index in [1.54, 1.807) is 26.2 Å². The number of likely N-dealkylation sites (N-methyl/N-ethyl adjacent to an activating group) is 1. The van der Waals surface area contributed by atoms with Crippen LogP contribution in [0.25, 0.3) is 0 Å². The molecular weight excluding hydrogens is 324 g/mol. The highest BCUT2D eigenvalue weighted by molar-refractivity contribution is 5.97. The zero-order valence-corrected chi connectivity index (χ0v) is 15.0. The maximum absolute atomic E-state index is 12.1. The van der Waals surface area contributed by atoms with E-state index in [9.17, 15) is 19.2 Å². The van der Waals surface area contributed by atoms with Crippen molar-refractivity contribution in [1.82, 2.24) is 10.2 Å². The zero-order chi connectivity index (χ0) is 19.0. The molecule has 0 atom stereocenters. The van der Waals surface area contributed by atoms with Crippen molar-refractivity contribution in [3.05, 3.63) is 34.9 Å². The number of hydrogen-bond donors (Lipinski definition) is 1. The maximum atomic E-state index is 12.1. The van der Waals surface area contributed by atoms with Crippen molar-refractivity contribution in [2.24, 2.45) is 0 Å². The minimum absolute atomic E-state index is 0.0159. The average molecular weight is 348 g/mol. The number of hydrogen-bond acceptors (Lipinski definition) is 5. The van der Waals surface area contributed by atoms with E-state index in [1.807, 2.05) is 19.9 Å². The second-order valence-corrected chi connectivity index (χ2v) is 5.95. The smallest absolute Gasteiger partial charge is 0.306 e. The van der Waals surface area contributed by atoms with E-state index in [0.29, 0.717) is 5.56 Å². The summed E-state index contributed by atoms with van der Waals surface area (Å²) in [4.78, 5) is 47.8. The van der Waals surface area contributed by atoms with Crippen LogP contribution in [0.2, 0.25) is 0 Å². The predicted octanol–water partition coefficient (Wildman–Crippen LogP) is 1.01. The van der Waals surface area contributed by atoms with Crippen LogP contribution in [0.3, 0.4) is 0 Å². The van der Waals surface area contributed by atoms with Gasteiger partial charge in [0.2, 0.25) is 5.91 Å². The van der Waals surface area contributed by atoms with Crippen LogP contribution in [0.15, 0.2) is 18.2 Å². The summed E-state index contributed by atoms with van der Waals surface area (Å²) < 4.78 is 4.80. The zero-order valence-electron chi connectivity index (χ0n) is 15.0. The number of esters is 1. The molecule has 2 amide bonds. The molecule has 1 rings (SSSR count). The lowest BCUT2D eigenvalue weighted by molar-refractivity contribution is -0.148. The highest BCUT2D eigenvalue weighted by Gasteiger charge is 2.13. The standard InChI is InChI=1S/C18H24N2O5/c1-12-5-6-14(9-13(12)2)15(21)7-8-18(24)25-11-16(22)19-10-17(23)20(3)4/h5-6,9H,7-8,10-11H2,1-4H3,(H,19,22). The summed E-state index contributed by atoms with van der Waals surface area (Å²) in [6.07, 6.45) is -0.0856. The predicted molar refractivity (Wildman–Crippen MR) is 92.1 cm³/mol. The first-order valence-electron chi connectivity index (χ1n) is 7.93. The van der Waals surface area contributed by atoms with Crippen molar-refractivity contribution in [3.63, 3.8) is 0 Å². The first-order chi connectivity index (χ1) is 11.7. The molecular formula is C18H24N2O5. The number of carbonyl (C=O) groups is 4. The molecule has 1 N–H and O–H groups in total. The molecule has 0 aromatic heterocycles. The number of benzene rings is 1. The van der Waals surface area contributed by atoms with Gasteiger partial charge in [0.15, 0.2) is 12.4 Å². The van der Waals surface area contributed by atoms with Gasteiger partial charge in [0, 0.05) is 26.1 Å². The third-order valence-electron chi connectivity index (χ3n) is 3.68. The Morgan fingerprint density at radius 1 is 1.04 bits per heavy atom. The van der Waals surface area contributed by atoms with Crippen LogP contribution in [0, 0.1) is 13.8 Å². The Labute approximate surface area is 147 Å². The van der Waals surface area contributed by atoms with Gasteiger partial charge in [-0.15, -0.1) is 0 Å². The Bertz CT molecular complexity index is 667. The molecule has 0 aliphatic heterocycles. The summed E-state index contributed by atoms with van der Waals surface area (Å²) in [5, 5.41) is 2.35. The Morgan fingerprint density at radius 3 is 2.32 bits per heavy atom. The Balaban J connectivity index is 2.32. The van der Waals surface area contributed by atoms with Gasteiger partial charge in [-0.2, -0.15) is 0 Å². The number of nitrogens with zero attached hydrogens (tertiary/aromatic N) is 1. The SMILES string of the molecule is Cc1ccc(C(=O)CCC(=O)OCC(=O)NCC(=O)N(C)C)cc1C. The van der Waals surface area contributed by atoms with Crippen LogP contribution in [0.5, 0.6) is 0 Å². The second kappa shape index (κ2) is 9.56. The van der Waals surface area contributed by atoms with Gasteiger partial charge in [-0.05, 0) is 31.0 Å². The second-order valence-electron chi connectivity index (χ2n) is 5.95. The lowest BCUT2D eigenvalue weighted by Gasteiger charge is -2.11. The highest BCUT2D eigenvalue weighted by Crippen LogP contribution is 2.12. The molecule has 0 spiro atoms. The van der Waals surface area contributed by atoms with Gasteiger partial charge < -0.3 is 15.0 Å². The Morgan fingerprint density at radius 2 is 1.72 bits per heavy atom. The molecule has 136 valence electrons. The molecule has 7 heteroatoms. The Hall–Kier alpha value is -2.70. The molecule has 0 unspecified atom stereocenters. The number of rotatable bonds is 8. The van der Waals surface area contributed by atoms with E-state index in [-0.39, 0.29) is 31.1 Å². The van der Waals surface area contributed by atoms with Gasteiger partial charge in [0.25, 0.3) is 5.91 Å². The van der Waals surface area contributed by atoms with Crippen LogP contribution in [0.1, 0.15) is 34.3 Å². The van der Waals surface area contributed by atoms with Gasteiger partial charge in [-0.3, -0.25) is 19.2 Å². The monoisotopic (exact) mass is 348 g/mol. The normalized spacial score (nSPS) is 10.1. The van der Waals surface area contributed by atoms with Crippen molar-refractivity contribution in [3.8, 4) is 0 Å². The van der Waals surface area contributed by atoms with Gasteiger partial charge in [0.05, 0.1) is 13.0 Å². The third-order valence-corrected chi connectivity index (χ3v) is 3.68. The highest BCUT2D eigenvalue weighted by atomic mass is 16.5. The molecule has 0 aliphatic rings. The molecule has 0 aliphatic carbocycles. The summed E-state index contributed by atoms with van der Waals surface area (Å²) in [6, 6.07) is 5.38. The van der Waals surface area contributed by atoms with Crippen molar-refractivity contribution < 1.29 is 23.9 Å². The number of nitrogens with one attached hydrogen (secondary N) is 1. The van der Waals surface area contributed by atoms with E-state index in [4.69, 9.17) is 4.74 Å². The van der Waals surface area contributed by atoms with E-state index in [0.717, 1.165) is 11.1 Å². The molecule has 0 radical (unpaired) electrons. The van der Waals surface area contributed by atoms with Gasteiger partial charge in [0.1, 0.15) is 0 Å². The molecule has 0 fully saturated rings. The maximum Gasteiger partial charge on any atom is 0.306 e. The molecule has 1 aromatic rings. The minimum atomic E-state index is -0.633. The first-order valence-corrected chi connectivity index (χ1v) is 7.93. The van der Waals surface area contributed by atoms with Crippen LogP contribution in [-0.2, 0) is 19.1 Å². The average Bonchev–Trinajstić information content (AvgIpc) is 2.57. The fraction of sp³-hybridized carbons (Fsp3) is 0.444. The number of ether oxygens (including phenoxy) is 1. The van der Waals surface area contributed by atoms with Crippen molar-refractivity contribution in [2.75, 3.05) is 27.2 Å². The lowest BCUT2D eigenvalue weighted by Crippen LogP contribution is -2.38. The largest absolute Gasteiger partial charge is 0.456 e. The van der Waals surface area contributed by atoms with Gasteiger partial charge >= 0.3 is 5.97 Å². The molecule has 0 saturated carbocycles. The fourth-order valence-corrected chi connectivity index (χ4v) is 1.88. The number of carbonyl (C=O) groups excluding carboxylic acids is 4.